The SMILES string of the molecule is CC1CN2CCCC2CN1S(=O)(=O)c1cccc(F)c1N. The molecular formula is C14H20FN3O2S. The number of nitrogens with two attached hydrogens (primary N) is 1. The van der Waals surface area contributed by atoms with Crippen molar-refractivity contribution >= 4 is 15.7 Å². The predicted molar refractivity (Wildman–Crippen MR) is 78.8 cm³/mol. The van der Waals surface area contributed by atoms with Gasteiger partial charge in [0.2, 0.25) is 10.0 Å². The van der Waals surface area contributed by atoms with Gasteiger partial charge in [0, 0.05) is 25.2 Å². The summed E-state index contributed by atoms with van der Waals surface area (Å²) in [5.41, 5.74) is 5.34. The van der Waals surface area contributed by atoms with Crippen LogP contribution in [0.3, 0.4) is 0 Å². The average Bonchev–Trinajstić information content (AvgIpc) is 2.87. The topological polar surface area (TPSA) is 66.6 Å². The molecular weight excluding hydrogens is 293 g/mol. The van der Waals surface area contributed by atoms with Crippen molar-refractivity contribution in [2.45, 2.75) is 36.7 Å². The Balaban J connectivity index is 1.96. The molecule has 2 saturated heterocycles. The van der Waals surface area contributed by atoms with E-state index in [9.17, 15) is 12.8 Å². The Hall–Kier alpha value is -1.18. The molecule has 5 nitrogen and oxygen atoms in total. The molecule has 1 aromatic carbocycles. The standard InChI is InChI=1S/C14H20FN3O2S/c1-10-8-17-7-3-4-11(17)9-18(10)21(19,20)13-6-2-5-12(15)14(13)16/h2,5-6,10-11H,3-4,7-9,16H2,1H3. The highest BCUT2D eigenvalue weighted by Crippen LogP contribution is 2.31. The number of rotatable bonds is 2. The molecule has 2 aliphatic rings. The minimum atomic E-state index is -3.76. The van der Waals surface area contributed by atoms with Gasteiger partial charge in [-0.05, 0) is 38.4 Å². The lowest BCUT2D eigenvalue weighted by Crippen LogP contribution is -2.56. The molecule has 1 aromatic rings. The Kier molecular flexibility index (Phi) is 3.67. The molecule has 0 bridgehead atoms. The molecule has 2 atom stereocenters. The van der Waals surface area contributed by atoms with Gasteiger partial charge in [0.15, 0.2) is 0 Å². The summed E-state index contributed by atoms with van der Waals surface area (Å²) in [5, 5.41) is 0. The summed E-state index contributed by atoms with van der Waals surface area (Å²) in [5.74, 6) is -0.691. The molecule has 21 heavy (non-hydrogen) atoms. The Morgan fingerprint density at radius 3 is 2.86 bits per heavy atom. The molecule has 0 aliphatic carbocycles. The molecule has 2 fully saturated rings. The third-order valence-electron chi connectivity index (χ3n) is 4.48. The molecule has 2 heterocycles. The summed E-state index contributed by atoms with van der Waals surface area (Å²) in [4.78, 5) is 2.21. The quantitative estimate of drug-likeness (QED) is 0.835. The molecule has 2 N–H and O–H groups in total. The average molecular weight is 313 g/mol. The van der Waals surface area contributed by atoms with Gasteiger partial charge >= 0.3 is 0 Å². The number of para-hydroxylation sites is 1. The third-order valence-corrected chi connectivity index (χ3v) is 6.52. The molecule has 0 radical (unpaired) electrons. The van der Waals surface area contributed by atoms with Gasteiger partial charge < -0.3 is 5.73 Å². The number of fused-ring (bicyclic) bond motifs is 1. The van der Waals surface area contributed by atoms with E-state index in [1.54, 1.807) is 0 Å². The van der Waals surface area contributed by atoms with E-state index in [0.717, 1.165) is 25.9 Å². The van der Waals surface area contributed by atoms with Crippen LogP contribution in [-0.2, 0) is 10.0 Å². The number of sulfonamides is 1. The highest BCUT2D eigenvalue weighted by Gasteiger charge is 2.40. The largest absolute Gasteiger partial charge is 0.395 e. The molecule has 0 amide bonds. The summed E-state index contributed by atoms with van der Waals surface area (Å²) in [6.07, 6.45) is 2.12. The minimum absolute atomic E-state index is 0.124. The van der Waals surface area contributed by atoms with E-state index in [0.29, 0.717) is 6.54 Å². The van der Waals surface area contributed by atoms with Crippen molar-refractivity contribution in [3.8, 4) is 0 Å². The number of benzene rings is 1. The monoisotopic (exact) mass is 313 g/mol. The zero-order valence-electron chi connectivity index (χ0n) is 12.0. The third kappa shape index (κ3) is 2.43. The maximum absolute atomic E-state index is 13.6. The van der Waals surface area contributed by atoms with Crippen LogP contribution in [0, 0.1) is 5.82 Å². The summed E-state index contributed by atoms with van der Waals surface area (Å²) >= 11 is 0. The van der Waals surface area contributed by atoms with E-state index in [1.165, 1.54) is 22.5 Å². The fourth-order valence-electron chi connectivity index (χ4n) is 3.36. The molecule has 2 aliphatic heterocycles. The van der Waals surface area contributed by atoms with Crippen LogP contribution in [0.1, 0.15) is 19.8 Å². The lowest BCUT2D eigenvalue weighted by Gasteiger charge is -2.41. The van der Waals surface area contributed by atoms with Gasteiger partial charge in [-0.3, -0.25) is 4.90 Å². The lowest BCUT2D eigenvalue weighted by molar-refractivity contribution is 0.117. The fourth-order valence-corrected chi connectivity index (χ4v) is 5.15. The van der Waals surface area contributed by atoms with Crippen LogP contribution in [0.4, 0.5) is 10.1 Å². The van der Waals surface area contributed by atoms with Crippen LogP contribution >= 0.6 is 0 Å². The van der Waals surface area contributed by atoms with Gasteiger partial charge in [-0.1, -0.05) is 6.07 Å². The van der Waals surface area contributed by atoms with Crippen LogP contribution in [-0.4, -0.2) is 49.3 Å². The summed E-state index contributed by atoms with van der Waals surface area (Å²) in [6.45, 7) is 4.10. The predicted octanol–water partition coefficient (Wildman–Crippen LogP) is 1.27. The van der Waals surface area contributed by atoms with Crippen molar-refractivity contribution in [3.05, 3.63) is 24.0 Å². The first kappa shape index (κ1) is 14.7. The zero-order chi connectivity index (χ0) is 15.2. The first-order chi connectivity index (χ1) is 9.91. The van der Waals surface area contributed by atoms with Gasteiger partial charge in [-0.15, -0.1) is 0 Å². The molecule has 7 heteroatoms. The molecule has 0 spiro atoms. The number of hydrogen-bond acceptors (Lipinski definition) is 4. The normalized spacial score (nSPS) is 27.7. The van der Waals surface area contributed by atoms with Crippen molar-refractivity contribution in [1.82, 2.24) is 9.21 Å². The van der Waals surface area contributed by atoms with Crippen molar-refractivity contribution < 1.29 is 12.8 Å². The first-order valence-electron chi connectivity index (χ1n) is 7.21. The summed E-state index contributed by atoms with van der Waals surface area (Å²) in [6, 6.07) is 4.07. The summed E-state index contributed by atoms with van der Waals surface area (Å²) < 4.78 is 40.7. The van der Waals surface area contributed by atoms with Crippen LogP contribution < -0.4 is 5.73 Å². The van der Waals surface area contributed by atoms with E-state index in [-0.39, 0.29) is 22.7 Å². The fraction of sp³-hybridized carbons (Fsp3) is 0.571. The zero-order valence-corrected chi connectivity index (χ0v) is 12.8. The molecule has 0 aromatic heterocycles. The second-order valence-corrected chi connectivity index (χ2v) is 7.73. The number of nitrogen functional groups attached to an aromatic ring is 1. The van der Waals surface area contributed by atoms with E-state index < -0.39 is 15.8 Å². The van der Waals surface area contributed by atoms with Crippen LogP contribution in [0.25, 0.3) is 0 Å². The van der Waals surface area contributed by atoms with Gasteiger partial charge in [-0.25, -0.2) is 12.8 Å². The van der Waals surface area contributed by atoms with Gasteiger partial charge in [-0.2, -0.15) is 4.31 Å². The van der Waals surface area contributed by atoms with Crippen LogP contribution in [0.2, 0.25) is 0 Å². The smallest absolute Gasteiger partial charge is 0.245 e. The maximum atomic E-state index is 13.6. The van der Waals surface area contributed by atoms with Crippen LogP contribution in [0.15, 0.2) is 23.1 Å². The first-order valence-corrected chi connectivity index (χ1v) is 8.65. The number of hydrogen-bond donors (Lipinski definition) is 1. The van der Waals surface area contributed by atoms with Crippen molar-refractivity contribution in [1.29, 1.82) is 0 Å². The number of piperazine rings is 1. The number of halogens is 1. The highest BCUT2D eigenvalue weighted by molar-refractivity contribution is 7.89. The molecule has 0 saturated carbocycles. The maximum Gasteiger partial charge on any atom is 0.245 e. The van der Waals surface area contributed by atoms with Crippen molar-refractivity contribution in [2.24, 2.45) is 0 Å². The van der Waals surface area contributed by atoms with E-state index >= 15 is 0 Å². The number of anilines is 1. The lowest BCUT2D eigenvalue weighted by atomic mass is 10.1. The highest BCUT2D eigenvalue weighted by atomic mass is 32.2. The minimum Gasteiger partial charge on any atom is -0.395 e. The van der Waals surface area contributed by atoms with Gasteiger partial charge in [0.1, 0.15) is 10.7 Å². The Morgan fingerprint density at radius 2 is 2.10 bits per heavy atom. The molecule has 2 unspecified atom stereocenters. The molecule has 116 valence electrons. The van der Waals surface area contributed by atoms with E-state index in [4.69, 9.17) is 5.73 Å². The number of nitrogens with zero attached hydrogens (tertiary/aromatic N) is 2. The van der Waals surface area contributed by atoms with Crippen LogP contribution in [0.5, 0.6) is 0 Å². The summed E-state index contributed by atoms with van der Waals surface area (Å²) in [7, 11) is -3.76. The van der Waals surface area contributed by atoms with Gasteiger partial charge in [0.05, 0.1) is 5.69 Å². The Morgan fingerprint density at radius 1 is 1.33 bits per heavy atom. The van der Waals surface area contributed by atoms with Gasteiger partial charge in [0.25, 0.3) is 0 Å². The Labute approximate surface area is 124 Å². The molecule has 3 rings (SSSR count). The van der Waals surface area contributed by atoms with Crippen molar-refractivity contribution in [2.75, 3.05) is 25.4 Å². The second kappa shape index (κ2) is 5.23. The van der Waals surface area contributed by atoms with E-state index in [1.807, 2.05) is 6.92 Å². The van der Waals surface area contributed by atoms with E-state index in [2.05, 4.69) is 4.90 Å². The second-order valence-electron chi connectivity index (χ2n) is 5.87. The van der Waals surface area contributed by atoms with Crippen molar-refractivity contribution in [3.63, 3.8) is 0 Å². The Bertz CT molecular complexity index is 650.